The van der Waals surface area contributed by atoms with Gasteiger partial charge in [0.1, 0.15) is 5.60 Å². The maximum atomic E-state index is 8.93. The van der Waals surface area contributed by atoms with Crippen molar-refractivity contribution in [3.8, 4) is 11.8 Å². The van der Waals surface area contributed by atoms with Crippen molar-refractivity contribution in [2.45, 2.75) is 51.2 Å². The minimum absolute atomic E-state index is 0.0858. The summed E-state index contributed by atoms with van der Waals surface area (Å²) in [4.78, 5) is 1.93. The lowest BCUT2D eigenvalue weighted by molar-refractivity contribution is -0.135. The molecule has 0 spiro atoms. The summed E-state index contributed by atoms with van der Waals surface area (Å²) in [6.45, 7) is 8.07. The fourth-order valence-corrected chi connectivity index (χ4v) is 2.54. The van der Waals surface area contributed by atoms with E-state index in [4.69, 9.17) is 14.9 Å². The minimum Gasteiger partial charge on any atom is -0.395 e. The monoisotopic (exact) mass is 269 g/mol. The van der Waals surface area contributed by atoms with Crippen LogP contribution in [0.1, 0.15) is 40.0 Å². The first-order valence-corrected chi connectivity index (χ1v) is 7.05. The van der Waals surface area contributed by atoms with Gasteiger partial charge in [0, 0.05) is 13.1 Å². The van der Waals surface area contributed by atoms with Crippen molar-refractivity contribution in [1.82, 2.24) is 4.90 Å². The summed E-state index contributed by atoms with van der Waals surface area (Å²) in [6, 6.07) is 0. The molecule has 0 unspecified atom stereocenters. The van der Waals surface area contributed by atoms with E-state index in [1.165, 1.54) is 0 Å². The Morgan fingerprint density at radius 1 is 1.11 bits per heavy atom. The number of hydrogen-bond donors (Lipinski definition) is 2. The molecule has 2 N–H and O–H groups in total. The molecule has 1 fully saturated rings. The Balaban J connectivity index is 2.55. The standard InChI is InChI=1S/C15H27NO3/c1-14(2)6-4-7-15(3,19-14)8-5-9-16(10-12-17)11-13-18/h17-18H,4,6-7,9-13H2,1-3H3/t15-/m0/s1. The van der Waals surface area contributed by atoms with Crippen LogP contribution in [0.15, 0.2) is 0 Å². The second-order valence-electron chi connectivity index (χ2n) is 5.97. The molecule has 0 radical (unpaired) electrons. The van der Waals surface area contributed by atoms with E-state index in [0.29, 0.717) is 19.6 Å². The second kappa shape index (κ2) is 7.25. The van der Waals surface area contributed by atoms with E-state index in [0.717, 1.165) is 19.3 Å². The van der Waals surface area contributed by atoms with Gasteiger partial charge >= 0.3 is 0 Å². The van der Waals surface area contributed by atoms with E-state index in [-0.39, 0.29) is 24.4 Å². The summed E-state index contributed by atoms with van der Waals surface area (Å²) in [5.41, 5.74) is -0.469. The number of ether oxygens (including phenoxy) is 1. The third-order valence-corrected chi connectivity index (χ3v) is 3.42. The zero-order valence-corrected chi connectivity index (χ0v) is 12.4. The summed E-state index contributed by atoms with van der Waals surface area (Å²) in [5.74, 6) is 6.36. The fraction of sp³-hybridized carbons (Fsp3) is 0.867. The molecule has 0 amide bonds. The Morgan fingerprint density at radius 2 is 1.74 bits per heavy atom. The summed E-state index contributed by atoms with van der Waals surface area (Å²) in [5, 5.41) is 17.9. The van der Waals surface area contributed by atoms with E-state index >= 15 is 0 Å². The molecule has 1 aliphatic heterocycles. The molecular formula is C15H27NO3. The van der Waals surface area contributed by atoms with Crippen LogP contribution in [-0.4, -0.2) is 59.2 Å². The van der Waals surface area contributed by atoms with Gasteiger partial charge in [-0.1, -0.05) is 11.8 Å². The largest absolute Gasteiger partial charge is 0.395 e. The van der Waals surface area contributed by atoms with Crippen LogP contribution in [0.2, 0.25) is 0 Å². The first-order valence-electron chi connectivity index (χ1n) is 7.05. The Morgan fingerprint density at radius 3 is 2.26 bits per heavy atom. The van der Waals surface area contributed by atoms with Crippen LogP contribution in [0.3, 0.4) is 0 Å². The number of nitrogens with zero attached hydrogens (tertiary/aromatic N) is 1. The van der Waals surface area contributed by atoms with Gasteiger partial charge in [0.2, 0.25) is 0 Å². The van der Waals surface area contributed by atoms with Gasteiger partial charge in [0.25, 0.3) is 0 Å². The van der Waals surface area contributed by atoms with Crippen molar-refractivity contribution >= 4 is 0 Å². The normalized spacial score (nSPS) is 26.0. The van der Waals surface area contributed by atoms with E-state index in [1.807, 2.05) is 11.8 Å². The molecule has 1 heterocycles. The lowest BCUT2D eigenvalue weighted by Crippen LogP contribution is -2.42. The summed E-state index contributed by atoms with van der Waals surface area (Å²) in [6.07, 6.45) is 3.17. The van der Waals surface area contributed by atoms with Gasteiger partial charge in [-0.25, -0.2) is 0 Å². The molecule has 0 aliphatic carbocycles. The minimum atomic E-state index is -0.369. The third-order valence-electron chi connectivity index (χ3n) is 3.42. The Bertz CT molecular complexity index is 326. The Hall–Kier alpha value is -0.600. The SMILES string of the molecule is CC1(C)CCC[C@@](C)(C#CCN(CCO)CCO)O1. The molecular weight excluding hydrogens is 242 g/mol. The van der Waals surface area contributed by atoms with Crippen LogP contribution in [0.4, 0.5) is 0 Å². The average molecular weight is 269 g/mol. The molecule has 0 saturated carbocycles. The number of aliphatic hydroxyl groups excluding tert-OH is 2. The fourth-order valence-electron chi connectivity index (χ4n) is 2.54. The van der Waals surface area contributed by atoms with Gasteiger partial charge < -0.3 is 14.9 Å². The molecule has 1 atom stereocenters. The van der Waals surface area contributed by atoms with E-state index in [2.05, 4.69) is 25.7 Å². The molecule has 4 nitrogen and oxygen atoms in total. The maximum absolute atomic E-state index is 8.93. The lowest BCUT2D eigenvalue weighted by Gasteiger charge is -2.40. The summed E-state index contributed by atoms with van der Waals surface area (Å²) in [7, 11) is 0. The van der Waals surface area contributed by atoms with Gasteiger partial charge in [0.15, 0.2) is 0 Å². The highest BCUT2D eigenvalue weighted by molar-refractivity contribution is 5.15. The Labute approximate surface area is 116 Å². The first-order chi connectivity index (χ1) is 8.91. The molecule has 0 aromatic rings. The molecule has 0 aromatic heterocycles. The van der Waals surface area contributed by atoms with Crippen molar-refractivity contribution < 1.29 is 14.9 Å². The van der Waals surface area contributed by atoms with Crippen LogP contribution >= 0.6 is 0 Å². The van der Waals surface area contributed by atoms with Crippen molar-refractivity contribution in [3.05, 3.63) is 0 Å². The number of hydrogen-bond acceptors (Lipinski definition) is 4. The highest BCUT2D eigenvalue weighted by atomic mass is 16.5. The molecule has 4 heteroatoms. The molecule has 1 rings (SSSR count). The molecule has 1 saturated heterocycles. The molecule has 1 aliphatic rings. The van der Waals surface area contributed by atoms with Crippen LogP contribution in [-0.2, 0) is 4.74 Å². The van der Waals surface area contributed by atoms with Gasteiger partial charge in [-0.3, -0.25) is 4.90 Å². The predicted molar refractivity (Wildman–Crippen MR) is 75.8 cm³/mol. The first kappa shape index (κ1) is 16.5. The highest BCUT2D eigenvalue weighted by Gasteiger charge is 2.35. The van der Waals surface area contributed by atoms with Crippen LogP contribution in [0.5, 0.6) is 0 Å². The van der Waals surface area contributed by atoms with Crippen molar-refractivity contribution in [2.24, 2.45) is 0 Å². The van der Waals surface area contributed by atoms with Crippen molar-refractivity contribution in [2.75, 3.05) is 32.8 Å². The summed E-state index contributed by atoms with van der Waals surface area (Å²) < 4.78 is 6.07. The third kappa shape index (κ3) is 5.92. The molecule has 0 aromatic carbocycles. The lowest BCUT2D eigenvalue weighted by atomic mass is 9.88. The van der Waals surface area contributed by atoms with E-state index in [1.54, 1.807) is 0 Å². The predicted octanol–water partition coefficient (Wildman–Crippen LogP) is 1.01. The molecule has 19 heavy (non-hydrogen) atoms. The van der Waals surface area contributed by atoms with Crippen molar-refractivity contribution in [3.63, 3.8) is 0 Å². The molecule has 110 valence electrons. The van der Waals surface area contributed by atoms with Crippen LogP contribution in [0, 0.1) is 11.8 Å². The smallest absolute Gasteiger partial charge is 0.126 e. The maximum Gasteiger partial charge on any atom is 0.126 e. The van der Waals surface area contributed by atoms with Crippen LogP contribution in [0.25, 0.3) is 0 Å². The zero-order chi connectivity index (χ0) is 14.4. The number of aliphatic hydroxyl groups is 2. The zero-order valence-electron chi connectivity index (χ0n) is 12.4. The average Bonchev–Trinajstić information content (AvgIpc) is 2.27. The second-order valence-corrected chi connectivity index (χ2v) is 5.97. The van der Waals surface area contributed by atoms with Gasteiger partial charge in [-0.05, 0) is 40.0 Å². The van der Waals surface area contributed by atoms with Gasteiger partial charge in [-0.15, -0.1) is 0 Å². The number of rotatable bonds is 5. The van der Waals surface area contributed by atoms with Crippen LogP contribution < -0.4 is 0 Å². The Kier molecular flexibility index (Phi) is 6.28. The van der Waals surface area contributed by atoms with Gasteiger partial charge in [0.05, 0.1) is 25.4 Å². The van der Waals surface area contributed by atoms with Gasteiger partial charge in [-0.2, -0.15) is 0 Å². The molecule has 0 bridgehead atoms. The van der Waals surface area contributed by atoms with Crippen molar-refractivity contribution in [1.29, 1.82) is 0 Å². The quantitative estimate of drug-likeness (QED) is 0.732. The van der Waals surface area contributed by atoms with E-state index in [9.17, 15) is 0 Å². The summed E-state index contributed by atoms with van der Waals surface area (Å²) >= 11 is 0. The highest BCUT2D eigenvalue weighted by Crippen LogP contribution is 2.34. The van der Waals surface area contributed by atoms with E-state index < -0.39 is 0 Å². The topological polar surface area (TPSA) is 52.9 Å².